The number of anilines is 1. The number of carbonyl (C=O) groups excluding carboxylic acids is 1. The van der Waals surface area contributed by atoms with Gasteiger partial charge < -0.3 is 11.1 Å². The van der Waals surface area contributed by atoms with Gasteiger partial charge in [0, 0.05) is 11.1 Å². The van der Waals surface area contributed by atoms with Crippen LogP contribution >= 0.6 is 0 Å². The van der Waals surface area contributed by atoms with Gasteiger partial charge in [0.05, 0.1) is 12.1 Å². The molecule has 0 unspecified atom stereocenters. The van der Waals surface area contributed by atoms with Crippen LogP contribution in [0.15, 0.2) is 18.2 Å². The Balaban J connectivity index is 2.14. The van der Waals surface area contributed by atoms with Crippen LogP contribution in [-0.2, 0) is 4.79 Å². The SMILES string of the molecule is CC1(C(=O)Nc2ccc(F)c(C#CCN)c2)CCCCC1. The molecule has 112 valence electrons. The molecule has 1 amide bonds. The van der Waals surface area contributed by atoms with Crippen LogP contribution in [0.4, 0.5) is 10.1 Å². The second-order valence-electron chi connectivity index (χ2n) is 5.78. The summed E-state index contributed by atoms with van der Waals surface area (Å²) in [6.45, 7) is 2.17. The van der Waals surface area contributed by atoms with Crippen LogP contribution in [-0.4, -0.2) is 12.5 Å². The monoisotopic (exact) mass is 288 g/mol. The van der Waals surface area contributed by atoms with Crippen molar-refractivity contribution >= 4 is 11.6 Å². The Kier molecular flexibility index (Phi) is 4.98. The van der Waals surface area contributed by atoms with E-state index in [1.807, 2.05) is 6.92 Å². The van der Waals surface area contributed by atoms with Gasteiger partial charge >= 0.3 is 0 Å². The number of carbonyl (C=O) groups is 1. The fourth-order valence-electron chi connectivity index (χ4n) is 2.69. The third-order valence-electron chi connectivity index (χ3n) is 4.05. The number of nitrogens with one attached hydrogen (secondary N) is 1. The summed E-state index contributed by atoms with van der Waals surface area (Å²) in [4.78, 5) is 12.4. The first-order valence-electron chi connectivity index (χ1n) is 7.35. The third kappa shape index (κ3) is 3.83. The lowest BCUT2D eigenvalue weighted by Gasteiger charge is -2.32. The molecular weight excluding hydrogens is 267 g/mol. The molecule has 0 atom stereocenters. The van der Waals surface area contributed by atoms with Gasteiger partial charge in [-0.1, -0.05) is 38.0 Å². The highest BCUT2D eigenvalue weighted by molar-refractivity contribution is 5.95. The molecule has 1 saturated carbocycles. The molecule has 3 nitrogen and oxygen atoms in total. The molecular formula is C17H21FN2O. The van der Waals surface area contributed by atoms with Gasteiger partial charge in [-0.05, 0) is 31.0 Å². The summed E-state index contributed by atoms with van der Waals surface area (Å²) in [6.07, 6.45) is 5.17. The van der Waals surface area contributed by atoms with Gasteiger partial charge in [-0.15, -0.1) is 0 Å². The molecule has 3 N–H and O–H groups in total. The molecule has 0 saturated heterocycles. The van der Waals surface area contributed by atoms with Crippen molar-refractivity contribution in [3.63, 3.8) is 0 Å². The normalized spacial score (nSPS) is 16.7. The zero-order chi connectivity index (χ0) is 15.3. The minimum atomic E-state index is -0.405. The van der Waals surface area contributed by atoms with Crippen LogP contribution in [0.25, 0.3) is 0 Å². The number of nitrogens with two attached hydrogens (primary N) is 1. The van der Waals surface area contributed by atoms with Crippen LogP contribution in [0, 0.1) is 23.1 Å². The summed E-state index contributed by atoms with van der Waals surface area (Å²) < 4.78 is 13.6. The molecule has 4 heteroatoms. The Labute approximate surface area is 125 Å². The quantitative estimate of drug-likeness (QED) is 0.822. The first-order valence-corrected chi connectivity index (χ1v) is 7.35. The van der Waals surface area contributed by atoms with Crippen molar-refractivity contribution < 1.29 is 9.18 Å². The second-order valence-corrected chi connectivity index (χ2v) is 5.78. The minimum Gasteiger partial charge on any atom is -0.326 e. The number of hydrogen-bond donors (Lipinski definition) is 2. The maximum absolute atomic E-state index is 13.6. The Morgan fingerprint density at radius 2 is 2.10 bits per heavy atom. The van der Waals surface area contributed by atoms with Crippen molar-refractivity contribution in [2.75, 3.05) is 11.9 Å². The van der Waals surface area contributed by atoms with E-state index in [-0.39, 0.29) is 23.4 Å². The second kappa shape index (κ2) is 6.73. The van der Waals surface area contributed by atoms with Crippen molar-refractivity contribution in [1.29, 1.82) is 0 Å². The van der Waals surface area contributed by atoms with Crippen molar-refractivity contribution in [2.24, 2.45) is 11.1 Å². The third-order valence-corrected chi connectivity index (χ3v) is 4.05. The number of halogens is 1. The molecule has 0 aromatic heterocycles. The van der Waals surface area contributed by atoms with Crippen molar-refractivity contribution in [3.8, 4) is 11.8 Å². The summed E-state index contributed by atoms with van der Waals surface area (Å²) in [7, 11) is 0. The van der Waals surface area contributed by atoms with Crippen molar-refractivity contribution in [3.05, 3.63) is 29.6 Å². The van der Waals surface area contributed by atoms with E-state index < -0.39 is 5.82 Å². The summed E-state index contributed by atoms with van der Waals surface area (Å²) in [6, 6.07) is 4.44. The molecule has 0 radical (unpaired) electrons. The zero-order valence-corrected chi connectivity index (χ0v) is 12.3. The smallest absolute Gasteiger partial charge is 0.230 e. The Morgan fingerprint density at radius 1 is 1.38 bits per heavy atom. The maximum Gasteiger partial charge on any atom is 0.230 e. The molecule has 21 heavy (non-hydrogen) atoms. The molecule has 2 rings (SSSR count). The molecule has 1 aliphatic rings. The number of benzene rings is 1. The minimum absolute atomic E-state index is 0.00606. The Morgan fingerprint density at radius 3 is 2.76 bits per heavy atom. The molecule has 1 aliphatic carbocycles. The predicted octanol–water partition coefficient (Wildman–Crippen LogP) is 3.04. The van der Waals surface area contributed by atoms with E-state index in [2.05, 4.69) is 17.2 Å². The highest BCUT2D eigenvalue weighted by Gasteiger charge is 2.34. The molecule has 0 bridgehead atoms. The van der Waals surface area contributed by atoms with Gasteiger partial charge in [0.25, 0.3) is 0 Å². The Hall–Kier alpha value is -1.86. The standard InChI is InChI=1S/C17H21FN2O/c1-17(9-3-2-4-10-17)16(21)20-14-7-8-15(18)13(12-14)6-5-11-19/h7-8,12H,2-4,9-11,19H2,1H3,(H,20,21). The van der Waals surface area contributed by atoms with Crippen LogP contribution < -0.4 is 11.1 Å². The van der Waals surface area contributed by atoms with E-state index in [1.54, 1.807) is 12.1 Å². The lowest BCUT2D eigenvalue weighted by molar-refractivity contribution is -0.126. The van der Waals surface area contributed by atoms with Crippen LogP contribution in [0.5, 0.6) is 0 Å². The van der Waals surface area contributed by atoms with Gasteiger partial charge in [-0.25, -0.2) is 4.39 Å². The van der Waals surface area contributed by atoms with E-state index >= 15 is 0 Å². The van der Waals surface area contributed by atoms with Gasteiger partial charge in [0.2, 0.25) is 5.91 Å². The lowest BCUT2D eigenvalue weighted by atomic mass is 9.75. The number of hydrogen-bond acceptors (Lipinski definition) is 2. The van der Waals surface area contributed by atoms with Gasteiger partial charge in [-0.3, -0.25) is 4.79 Å². The average molecular weight is 288 g/mol. The highest BCUT2D eigenvalue weighted by atomic mass is 19.1. The van der Waals surface area contributed by atoms with Crippen LogP contribution in [0.2, 0.25) is 0 Å². The molecule has 1 aromatic rings. The highest BCUT2D eigenvalue weighted by Crippen LogP contribution is 2.36. The lowest BCUT2D eigenvalue weighted by Crippen LogP contribution is -2.35. The van der Waals surface area contributed by atoms with Crippen molar-refractivity contribution in [2.45, 2.75) is 39.0 Å². The van der Waals surface area contributed by atoms with E-state index in [0.717, 1.165) is 25.7 Å². The summed E-state index contributed by atoms with van der Waals surface area (Å²) in [5, 5.41) is 2.89. The Bertz CT molecular complexity index is 580. The summed E-state index contributed by atoms with van der Waals surface area (Å²) in [5.41, 5.74) is 5.81. The number of rotatable bonds is 2. The molecule has 1 fully saturated rings. The number of amides is 1. The average Bonchev–Trinajstić information content (AvgIpc) is 2.48. The van der Waals surface area contributed by atoms with Crippen molar-refractivity contribution in [1.82, 2.24) is 0 Å². The van der Waals surface area contributed by atoms with E-state index in [1.165, 1.54) is 12.5 Å². The molecule has 0 aliphatic heterocycles. The van der Waals surface area contributed by atoms with Gasteiger partial charge in [0.15, 0.2) is 0 Å². The fraction of sp³-hybridized carbons (Fsp3) is 0.471. The molecule has 0 spiro atoms. The maximum atomic E-state index is 13.6. The topological polar surface area (TPSA) is 55.1 Å². The fourth-order valence-corrected chi connectivity index (χ4v) is 2.69. The van der Waals surface area contributed by atoms with Crippen LogP contribution in [0.1, 0.15) is 44.6 Å². The molecule has 1 aromatic carbocycles. The predicted molar refractivity (Wildman–Crippen MR) is 82.2 cm³/mol. The van der Waals surface area contributed by atoms with Gasteiger partial charge in [-0.2, -0.15) is 0 Å². The zero-order valence-electron chi connectivity index (χ0n) is 12.3. The largest absolute Gasteiger partial charge is 0.326 e. The van der Waals surface area contributed by atoms with Crippen LogP contribution in [0.3, 0.4) is 0 Å². The van der Waals surface area contributed by atoms with Gasteiger partial charge in [0.1, 0.15) is 5.82 Å². The summed E-state index contributed by atoms with van der Waals surface area (Å²) in [5.74, 6) is 4.90. The first kappa shape index (κ1) is 15.5. The van der Waals surface area contributed by atoms with E-state index in [4.69, 9.17) is 5.73 Å². The molecule has 0 heterocycles. The van der Waals surface area contributed by atoms with E-state index in [0.29, 0.717) is 5.69 Å². The van der Waals surface area contributed by atoms with E-state index in [9.17, 15) is 9.18 Å². The summed E-state index contributed by atoms with van der Waals surface area (Å²) >= 11 is 0. The first-order chi connectivity index (χ1) is 10.0.